The molecule has 0 saturated carbocycles. The first kappa shape index (κ1) is 8.68. The molecule has 1 nitrogen and oxygen atoms in total. The van der Waals surface area contributed by atoms with Gasteiger partial charge in [-0.25, -0.2) is 4.39 Å². The zero-order valence-corrected chi connectivity index (χ0v) is 7.73. The second-order valence-electron chi connectivity index (χ2n) is 2.45. The van der Waals surface area contributed by atoms with Crippen LogP contribution in [0.3, 0.4) is 0 Å². The lowest BCUT2D eigenvalue weighted by atomic mass is 10.1. The molecule has 0 radical (unpaired) electrons. The summed E-state index contributed by atoms with van der Waals surface area (Å²) >= 11 is 3.23. The quantitative estimate of drug-likeness (QED) is 0.770. The van der Waals surface area contributed by atoms with Crippen LogP contribution < -0.4 is 5.73 Å². The van der Waals surface area contributed by atoms with Crippen LogP contribution in [0.1, 0.15) is 18.5 Å². The summed E-state index contributed by atoms with van der Waals surface area (Å²) in [4.78, 5) is 0. The fourth-order valence-corrected chi connectivity index (χ4v) is 1.58. The standard InChI is InChI=1S/C8H9BrFN/c1-5(11)7-3-2-6(10)4-8(7)9/h2-5H,11H2,1H3/t5-/m1/s1. The van der Waals surface area contributed by atoms with Crippen LogP contribution >= 0.6 is 15.9 Å². The van der Waals surface area contributed by atoms with Crippen LogP contribution in [0.25, 0.3) is 0 Å². The van der Waals surface area contributed by atoms with Crippen LogP contribution in [0, 0.1) is 5.82 Å². The van der Waals surface area contributed by atoms with E-state index in [1.165, 1.54) is 12.1 Å². The summed E-state index contributed by atoms with van der Waals surface area (Å²) in [5.41, 5.74) is 6.53. The molecule has 1 rings (SSSR count). The van der Waals surface area contributed by atoms with Gasteiger partial charge in [0, 0.05) is 10.5 Å². The minimum atomic E-state index is -0.249. The first-order valence-electron chi connectivity index (χ1n) is 3.32. The van der Waals surface area contributed by atoms with Crippen molar-refractivity contribution in [2.45, 2.75) is 13.0 Å². The van der Waals surface area contributed by atoms with E-state index >= 15 is 0 Å². The van der Waals surface area contributed by atoms with Gasteiger partial charge in [-0.2, -0.15) is 0 Å². The average Bonchev–Trinajstić information content (AvgIpc) is 1.85. The number of hydrogen-bond donors (Lipinski definition) is 1. The second-order valence-corrected chi connectivity index (χ2v) is 3.31. The third kappa shape index (κ3) is 2.01. The van der Waals surface area contributed by atoms with Gasteiger partial charge in [-0.3, -0.25) is 0 Å². The Kier molecular flexibility index (Phi) is 2.62. The van der Waals surface area contributed by atoms with E-state index in [9.17, 15) is 4.39 Å². The Morgan fingerprint density at radius 1 is 1.55 bits per heavy atom. The van der Waals surface area contributed by atoms with Crippen molar-refractivity contribution < 1.29 is 4.39 Å². The van der Waals surface area contributed by atoms with Crippen LogP contribution in [-0.4, -0.2) is 0 Å². The summed E-state index contributed by atoms with van der Waals surface area (Å²) in [5.74, 6) is -0.249. The lowest BCUT2D eigenvalue weighted by Gasteiger charge is -2.07. The SMILES string of the molecule is C[C@@H](N)c1ccc(F)cc1Br. The molecular formula is C8H9BrFN. The van der Waals surface area contributed by atoms with E-state index in [0.717, 1.165) is 10.0 Å². The molecule has 60 valence electrons. The fourth-order valence-electron chi connectivity index (χ4n) is 0.871. The highest BCUT2D eigenvalue weighted by molar-refractivity contribution is 9.10. The summed E-state index contributed by atoms with van der Waals surface area (Å²) < 4.78 is 13.3. The van der Waals surface area contributed by atoms with Crippen LogP contribution in [-0.2, 0) is 0 Å². The summed E-state index contributed by atoms with van der Waals surface area (Å²) in [7, 11) is 0. The lowest BCUT2D eigenvalue weighted by Crippen LogP contribution is -2.05. The molecule has 0 bridgehead atoms. The smallest absolute Gasteiger partial charge is 0.124 e. The van der Waals surface area contributed by atoms with Gasteiger partial charge in [0.25, 0.3) is 0 Å². The maximum absolute atomic E-state index is 12.5. The highest BCUT2D eigenvalue weighted by Gasteiger charge is 2.04. The zero-order chi connectivity index (χ0) is 8.43. The largest absolute Gasteiger partial charge is 0.324 e. The molecule has 0 aromatic heterocycles. The molecular weight excluding hydrogens is 209 g/mol. The van der Waals surface area contributed by atoms with E-state index in [2.05, 4.69) is 15.9 Å². The minimum Gasteiger partial charge on any atom is -0.324 e. The monoisotopic (exact) mass is 217 g/mol. The molecule has 0 aliphatic carbocycles. The molecule has 1 aromatic carbocycles. The maximum atomic E-state index is 12.5. The molecule has 2 N–H and O–H groups in total. The number of rotatable bonds is 1. The van der Waals surface area contributed by atoms with Crippen molar-refractivity contribution in [3.63, 3.8) is 0 Å². The third-order valence-electron chi connectivity index (χ3n) is 1.45. The van der Waals surface area contributed by atoms with Crippen LogP contribution in [0.15, 0.2) is 22.7 Å². The Morgan fingerprint density at radius 3 is 2.64 bits per heavy atom. The summed E-state index contributed by atoms with van der Waals surface area (Å²) in [6.07, 6.45) is 0. The molecule has 0 unspecified atom stereocenters. The molecule has 0 saturated heterocycles. The van der Waals surface area contributed by atoms with Gasteiger partial charge in [-0.15, -0.1) is 0 Å². The van der Waals surface area contributed by atoms with Crippen molar-refractivity contribution in [1.29, 1.82) is 0 Å². The van der Waals surface area contributed by atoms with Crippen molar-refractivity contribution in [3.8, 4) is 0 Å². The van der Waals surface area contributed by atoms with Crippen molar-refractivity contribution in [1.82, 2.24) is 0 Å². The summed E-state index contributed by atoms with van der Waals surface area (Å²) in [5, 5.41) is 0. The van der Waals surface area contributed by atoms with E-state index in [0.29, 0.717) is 0 Å². The molecule has 0 aliphatic rings. The van der Waals surface area contributed by atoms with Gasteiger partial charge in [0.2, 0.25) is 0 Å². The highest BCUT2D eigenvalue weighted by Crippen LogP contribution is 2.22. The van der Waals surface area contributed by atoms with Gasteiger partial charge >= 0.3 is 0 Å². The maximum Gasteiger partial charge on any atom is 0.124 e. The Labute approximate surface area is 73.5 Å². The van der Waals surface area contributed by atoms with Crippen molar-refractivity contribution in [3.05, 3.63) is 34.1 Å². The molecule has 0 heterocycles. The molecule has 1 atom stereocenters. The van der Waals surface area contributed by atoms with Crippen LogP contribution in [0.2, 0.25) is 0 Å². The molecule has 0 fully saturated rings. The van der Waals surface area contributed by atoms with Crippen molar-refractivity contribution in [2.75, 3.05) is 0 Å². The summed E-state index contributed by atoms with van der Waals surface area (Å²) in [6.45, 7) is 1.86. The molecule has 0 aliphatic heterocycles. The lowest BCUT2D eigenvalue weighted by molar-refractivity contribution is 0.624. The Morgan fingerprint density at radius 2 is 2.18 bits per heavy atom. The number of halogens is 2. The predicted molar refractivity (Wildman–Crippen MR) is 46.7 cm³/mol. The highest BCUT2D eigenvalue weighted by atomic mass is 79.9. The van der Waals surface area contributed by atoms with E-state index in [-0.39, 0.29) is 11.9 Å². The Balaban J connectivity index is 3.09. The van der Waals surface area contributed by atoms with Gasteiger partial charge in [-0.05, 0) is 24.6 Å². The van der Waals surface area contributed by atoms with E-state index in [1.54, 1.807) is 6.07 Å². The summed E-state index contributed by atoms with van der Waals surface area (Å²) in [6, 6.07) is 4.44. The number of hydrogen-bond acceptors (Lipinski definition) is 1. The average molecular weight is 218 g/mol. The fraction of sp³-hybridized carbons (Fsp3) is 0.250. The van der Waals surface area contributed by atoms with E-state index < -0.39 is 0 Å². The third-order valence-corrected chi connectivity index (χ3v) is 2.14. The molecule has 1 aromatic rings. The van der Waals surface area contributed by atoms with Gasteiger partial charge in [0.1, 0.15) is 5.82 Å². The number of benzene rings is 1. The Hall–Kier alpha value is -0.410. The normalized spacial score (nSPS) is 13.1. The molecule has 11 heavy (non-hydrogen) atoms. The van der Waals surface area contributed by atoms with E-state index in [1.807, 2.05) is 6.92 Å². The molecule has 0 spiro atoms. The molecule has 3 heteroatoms. The minimum absolute atomic E-state index is 0.0648. The van der Waals surface area contributed by atoms with Gasteiger partial charge in [0.15, 0.2) is 0 Å². The van der Waals surface area contributed by atoms with Gasteiger partial charge in [0.05, 0.1) is 0 Å². The Bertz CT molecular complexity index is 260. The zero-order valence-electron chi connectivity index (χ0n) is 6.14. The second kappa shape index (κ2) is 3.32. The van der Waals surface area contributed by atoms with Crippen LogP contribution in [0.4, 0.5) is 4.39 Å². The van der Waals surface area contributed by atoms with E-state index in [4.69, 9.17) is 5.73 Å². The van der Waals surface area contributed by atoms with Crippen LogP contribution in [0.5, 0.6) is 0 Å². The first-order valence-corrected chi connectivity index (χ1v) is 4.11. The van der Waals surface area contributed by atoms with Crippen molar-refractivity contribution in [2.24, 2.45) is 5.73 Å². The van der Waals surface area contributed by atoms with Gasteiger partial charge < -0.3 is 5.73 Å². The topological polar surface area (TPSA) is 26.0 Å². The number of nitrogens with two attached hydrogens (primary N) is 1. The van der Waals surface area contributed by atoms with Crippen molar-refractivity contribution >= 4 is 15.9 Å². The molecule has 0 amide bonds. The van der Waals surface area contributed by atoms with Gasteiger partial charge in [-0.1, -0.05) is 22.0 Å². The first-order chi connectivity index (χ1) is 5.11. The predicted octanol–water partition coefficient (Wildman–Crippen LogP) is 2.61.